The minimum atomic E-state index is -0.941. The minimum absolute atomic E-state index is 0.202. The molecule has 1 atom stereocenters. The highest BCUT2D eigenvalue weighted by molar-refractivity contribution is 5.87. The summed E-state index contributed by atoms with van der Waals surface area (Å²) in [6.45, 7) is 2.11. The summed E-state index contributed by atoms with van der Waals surface area (Å²) < 4.78 is 7.41. The number of furan rings is 1. The molecule has 2 aromatic rings. The normalized spacial score (nSPS) is 18.3. The Balaban J connectivity index is 2.06. The maximum Gasteiger partial charge on any atom is 0.356 e. The van der Waals surface area contributed by atoms with E-state index in [1.54, 1.807) is 6.26 Å². The molecule has 5 nitrogen and oxygen atoms in total. The molecule has 0 amide bonds. The summed E-state index contributed by atoms with van der Waals surface area (Å²) in [6, 6.07) is 4.02. The third-order valence-electron chi connectivity index (χ3n) is 3.67. The highest BCUT2D eigenvalue weighted by Gasteiger charge is 2.27. The van der Waals surface area contributed by atoms with Gasteiger partial charge in [-0.2, -0.15) is 0 Å². The third-order valence-corrected chi connectivity index (χ3v) is 3.67. The number of aromatic nitrogens is 2. The zero-order valence-electron chi connectivity index (χ0n) is 10.8. The maximum atomic E-state index is 11.3. The Hall–Kier alpha value is -2.04. The molecule has 19 heavy (non-hydrogen) atoms. The average Bonchev–Trinajstić information content (AvgIpc) is 2.98. The number of carboxylic acids is 1. The van der Waals surface area contributed by atoms with Crippen molar-refractivity contribution in [3.8, 4) is 0 Å². The number of hydrogen-bond donors (Lipinski definition) is 1. The van der Waals surface area contributed by atoms with Gasteiger partial charge in [0.2, 0.25) is 0 Å². The predicted molar refractivity (Wildman–Crippen MR) is 68.3 cm³/mol. The maximum absolute atomic E-state index is 11.3. The van der Waals surface area contributed by atoms with Crippen LogP contribution in [-0.2, 0) is 12.8 Å². The van der Waals surface area contributed by atoms with E-state index in [-0.39, 0.29) is 5.69 Å². The first-order valence-electron chi connectivity index (χ1n) is 6.52. The Morgan fingerprint density at radius 1 is 1.63 bits per heavy atom. The lowest BCUT2D eigenvalue weighted by Gasteiger charge is -2.24. The van der Waals surface area contributed by atoms with Gasteiger partial charge in [0.25, 0.3) is 0 Å². The van der Waals surface area contributed by atoms with Crippen LogP contribution < -0.4 is 0 Å². The molecule has 0 radical (unpaired) electrons. The van der Waals surface area contributed by atoms with E-state index < -0.39 is 5.97 Å². The number of nitrogens with zero attached hydrogens (tertiary/aromatic N) is 2. The van der Waals surface area contributed by atoms with Crippen molar-refractivity contribution in [1.82, 2.24) is 9.55 Å². The van der Waals surface area contributed by atoms with Gasteiger partial charge in [-0.3, -0.25) is 0 Å². The Bertz CT molecular complexity index is 598. The lowest BCUT2D eigenvalue weighted by molar-refractivity contribution is 0.0689. The predicted octanol–water partition coefficient (Wildman–Crippen LogP) is 2.66. The summed E-state index contributed by atoms with van der Waals surface area (Å²) in [5.74, 6) is 0.653. The van der Waals surface area contributed by atoms with Crippen molar-refractivity contribution in [3.63, 3.8) is 0 Å². The lowest BCUT2D eigenvalue weighted by atomic mass is 10.0. The van der Waals surface area contributed by atoms with Gasteiger partial charge in [0, 0.05) is 6.04 Å². The van der Waals surface area contributed by atoms with Crippen molar-refractivity contribution in [2.24, 2.45) is 0 Å². The number of imidazole rings is 1. The van der Waals surface area contributed by atoms with E-state index in [1.807, 2.05) is 12.1 Å². The van der Waals surface area contributed by atoms with Crippen molar-refractivity contribution in [2.75, 3.05) is 0 Å². The van der Waals surface area contributed by atoms with Gasteiger partial charge in [-0.25, -0.2) is 9.78 Å². The van der Waals surface area contributed by atoms with Crippen LogP contribution >= 0.6 is 0 Å². The molecule has 0 aliphatic carbocycles. The Morgan fingerprint density at radius 3 is 3.16 bits per heavy atom. The number of carbonyl (C=O) groups is 1. The molecule has 1 aliphatic rings. The molecule has 1 aliphatic heterocycles. The number of carboxylic acid groups (broad SMARTS) is 1. The van der Waals surface area contributed by atoms with Crippen LogP contribution in [0.15, 0.2) is 22.8 Å². The third kappa shape index (κ3) is 2.05. The molecule has 0 saturated carbocycles. The number of aromatic carboxylic acids is 1. The monoisotopic (exact) mass is 260 g/mol. The van der Waals surface area contributed by atoms with E-state index in [9.17, 15) is 9.90 Å². The van der Waals surface area contributed by atoms with Crippen LogP contribution in [0.25, 0.3) is 0 Å². The first-order valence-corrected chi connectivity index (χ1v) is 6.52. The lowest BCUT2D eigenvalue weighted by Crippen LogP contribution is -2.18. The van der Waals surface area contributed by atoms with Gasteiger partial charge < -0.3 is 14.1 Å². The summed E-state index contributed by atoms with van der Waals surface area (Å²) in [5.41, 5.74) is 1.06. The van der Waals surface area contributed by atoms with Crippen molar-refractivity contribution in [2.45, 2.75) is 38.6 Å². The van der Waals surface area contributed by atoms with Crippen LogP contribution in [0.4, 0.5) is 0 Å². The summed E-state index contributed by atoms with van der Waals surface area (Å²) in [6.07, 6.45) is 5.03. The fourth-order valence-corrected chi connectivity index (χ4v) is 2.84. The first-order chi connectivity index (χ1) is 9.16. The molecular formula is C14H16N2O3. The standard InChI is InChI=1S/C14H16N2O3/c1-9-4-2-6-11-13(14(17)18)15-12(16(9)11)8-10-5-3-7-19-10/h3,5,7,9H,2,4,6,8H2,1H3,(H,17,18). The fraction of sp³-hybridized carbons (Fsp3) is 0.429. The zero-order chi connectivity index (χ0) is 13.4. The molecule has 5 heteroatoms. The van der Waals surface area contributed by atoms with Crippen molar-refractivity contribution < 1.29 is 14.3 Å². The molecule has 0 spiro atoms. The van der Waals surface area contributed by atoms with Crippen LogP contribution in [0.5, 0.6) is 0 Å². The van der Waals surface area contributed by atoms with E-state index in [4.69, 9.17) is 4.42 Å². The minimum Gasteiger partial charge on any atom is -0.476 e. The summed E-state index contributed by atoms with van der Waals surface area (Å²) in [4.78, 5) is 15.6. The number of hydrogen-bond acceptors (Lipinski definition) is 3. The Kier molecular flexibility index (Phi) is 2.89. The topological polar surface area (TPSA) is 68.3 Å². The van der Waals surface area contributed by atoms with Crippen LogP contribution in [0.2, 0.25) is 0 Å². The molecule has 0 aromatic carbocycles. The van der Waals surface area contributed by atoms with E-state index in [0.717, 1.165) is 36.5 Å². The molecule has 3 heterocycles. The summed E-state index contributed by atoms with van der Waals surface area (Å²) in [7, 11) is 0. The molecule has 3 rings (SSSR count). The second-order valence-electron chi connectivity index (χ2n) is 5.00. The number of fused-ring (bicyclic) bond motifs is 1. The fourth-order valence-electron chi connectivity index (χ4n) is 2.84. The van der Waals surface area contributed by atoms with Gasteiger partial charge in [0.1, 0.15) is 11.6 Å². The second kappa shape index (κ2) is 4.57. The first kappa shape index (κ1) is 12.0. The molecule has 0 fully saturated rings. The molecule has 1 N–H and O–H groups in total. The van der Waals surface area contributed by atoms with E-state index >= 15 is 0 Å². The highest BCUT2D eigenvalue weighted by atomic mass is 16.4. The van der Waals surface area contributed by atoms with Crippen LogP contribution in [-0.4, -0.2) is 20.6 Å². The molecule has 2 aromatic heterocycles. The van der Waals surface area contributed by atoms with Crippen molar-refractivity contribution in [3.05, 3.63) is 41.4 Å². The van der Waals surface area contributed by atoms with Gasteiger partial charge in [-0.1, -0.05) is 0 Å². The largest absolute Gasteiger partial charge is 0.476 e. The quantitative estimate of drug-likeness (QED) is 0.921. The SMILES string of the molecule is CC1CCCc2c(C(=O)O)nc(Cc3ccco3)n21. The van der Waals surface area contributed by atoms with Gasteiger partial charge in [-0.15, -0.1) is 0 Å². The molecule has 0 bridgehead atoms. The summed E-state index contributed by atoms with van der Waals surface area (Å²) >= 11 is 0. The smallest absolute Gasteiger partial charge is 0.356 e. The Labute approximate surface area is 110 Å². The molecule has 100 valence electrons. The molecular weight excluding hydrogens is 244 g/mol. The zero-order valence-corrected chi connectivity index (χ0v) is 10.8. The average molecular weight is 260 g/mol. The second-order valence-corrected chi connectivity index (χ2v) is 5.00. The van der Waals surface area contributed by atoms with Crippen LogP contribution in [0.1, 0.15) is 53.6 Å². The van der Waals surface area contributed by atoms with Crippen LogP contribution in [0.3, 0.4) is 0 Å². The molecule has 1 unspecified atom stereocenters. The molecule has 0 saturated heterocycles. The van der Waals surface area contributed by atoms with E-state index in [2.05, 4.69) is 16.5 Å². The van der Waals surface area contributed by atoms with E-state index in [0.29, 0.717) is 12.5 Å². The van der Waals surface area contributed by atoms with Gasteiger partial charge >= 0.3 is 5.97 Å². The van der Waals surface area contributed by atoms with Crippen LogP contribution in [0, 0.1) is 0 Å². The number of rotatable bonds is 3. The van der Waals surface area contributed by atoms with E-state index in [1.165, 1.54) is 0 Å². The van der Waals surface area contributed by atoms with Crippen molar-refractivity contribution >= 4 is 5.97 Å². The van der Waals surface area contributed by atoms with Crippen molar-refractivity contribution in [1.29, 1.82) is 0 Å². The Morgan fingerprint density at radius 2 is 2.47 bits per heavy atom. The van der Waals surface area contributed by atoms with Gasteiger partial charge in [0.05, 0.1) is 18.4 Å². The highest BCUT2D eigenvalue weighted by Crippen LogP contribution is 2.29. The van der Waals surface area contributed by atoms with Gasteiger partial charge in [-0.05, 0) is 38.3 Å². The van der Waals surface area contributed by atoms with Gasteiger partial charge in [0.15, 0.2) is 5.69 Å². The summed E-state index contributed by atoms with van der Waals surface area (Å²) in [5, 5.41) is 9.27.